The maximum Gasteiger partial charge on any atom is 0.102 e. The van der Waals surface area contributed by atoms with Gasteiger partial charge in [0.05, 0.1) is 32.0 Å². The van der Waals surface area contributed by atoms with Crippen LogP contribution in [0.15, 0.2) is 22.3 Å². The van der Waals surface area contributed by atoms with Crippen LogP contribution in [0.4, 0.5) is 0 Å². The van der Waals surface area contributed by atoms with Crippen LogP contribution in [0, 0.1) is 45.3 Å². The Hall–Kier alpha value is -2.38. The van der Waals surface area contributed by atoms with Gasteiger partial charge in [-0.15, -0.1) is 0 Å². The highest BCUT2D eigenvalue weighted by Crippen LogP contribution is 2.25. The molecule has 0 saturated heterocycles. The molecule has 0 aromatic carbocycles. The molecule has 0 fully saturated rings. The average molecular weight is 240 g/mol. The van der Waals surface area contributed by atoms with Gasteiger partial charge in [0.1, 0.15) is 24.3 Å². The summed E-state index contributed by atoms with van der Waals surface area (Å²) in [4.78, 5) is -0.182. The van der Waals surface area contributed by atoms with Gasteiger partial charge in [0, 0.05) is 0 Å². The first-order valence-electron chi connectivity index (χ1n) is 3.80. The molecular formula is C10N4S2. The van der Waals surface area contributed by atoms with Crippen molar-refractivity contribution in [2.75, 3.05) is 0 Å². The number of nitriles is 4. The van der Waals surface area contributed by atoms with Crippen LogP contribution >= 0.6 is 24.4 Å². The average Bonchev–Trinajstić information content (AvgIpc) is 2.30. The van der Waals surface area contributed by atoms with Crippen molar-refractivity contribution in [2.24, 2.45) is 0 Å². The molecule has 6 heteroatoms. The molecule has 72 valence electrons. The first-order valence-corrected chi connectivity index (χ1v) is 4.62. The Kier molecular flexibility index (Phi) is 3.24. The molecule has 1 aliphatic carbocycles. The highest BCUT2D eigenvalue weighted by molar-refractivity contribution is 7.82. The lowest BCUT2D eigenvalue weighted by atomic mass is 9.87. The zero-order valence-corrected chi connectivity index (χ0v) is 9.24. The molecule has 16 heavy (non-hydrogen) atoms. The van der Waals surface area contributed by atoms with Crippen LogP contribution in [0.5, 0.6) is 0 Å². The Labute approximate surface area is 102 Å². The Morgan fingerprint density at radius 2 is 0.750 bits per heavy atom. The normalized spacial score (nSPS) is 15.0. The maximum atomic E-state index is 8.83. The molecule has 0 aromatic rings. The smallest absolute Gasteiger partial charge is 0.102 e. The number of nitrogens with zero attached hydrogens (tertiary/aromatic N) is 4. The van der Waals surface area contributed by atoms with Crippen molar-refractivity contribution in [3.8, 4) is 24.3 Å². The van der Waals surface area contributed by atoms with Gasteiger partial charge < -0.3 is 0 Å². The third kappa shape index (κ3) is 1.49. The zero-order valence-electron chi connectivity index (χ0n) is 7.61. The van der Waals surface area contributed by atoms with Crippen LogP contribution in [-0.4, -0.2) is 9.73 Å². The molecule has 0 radical (unpaired) electrons. The summed E-state index contributed by atoms with van der Waals surface area (Å²) in [6.45, 7) is 0. The van der Waals surface area contributed by atoms with Crippen molar-refractivity contribution in [1.82, 2.24) is 0 Å². The molecule has 0 atom stereocenters. The van der Waals surface area contributed by atoms with Crippen LogP contribution < -0.4 is 0 Å². The molecule has 0 heterocycles. The standard InChI is InChI=1S/C10N4S2/c11-1-5-6(2-12)10(16)8(4-14)7(3-13)9(5)15. The summed E-state index contributed by atoms with van der Waals surface area (Å²) in [5, 5.41) is 35.3. The van der Waals surface area contributed by atoms with Crippen molar-refractivity contribution < 1.29 is 0 Å². The number of allylic oxidation sites excluding steroid dienone is 4. The van der Waals surface area contributed by atoms with Crippen molar-refractivity contribution >= 4 is 34.2 Å². The van der Waals surface area contributed by atoms with Gasteiger partial charge in [0.15, 0.2) is 0 Å². The molecule has 0 saturated carbocycles. The van der Waals surface area contributed by atoms with E-state index >= 15 is 0 Å². The molecule has 4 nitrogen and oxygen atoms in total. The second kappa shape index (κ2) is 4.43. The Morgan fingerprint density at radius 3 is 0.875 bits per heavy atom. The van der Waals surface area contributed by atoms with E-state index in [2.05, 4.69) is 0 Å². The highest BCUT2D eigenvalue weighted by Gasteiger charge is 2.29. The van der Waals surface area contributed by atoms with Gasteiger partial charge in [-0.3, -0.25) is 0 Å². The van der Waals surface area contributed by atoms with Crippen molar-refractivity contribution in [3.05, 3.63) is 22.3 Å². The van der Waals surface area contributed by atoms with Gasteiger partial charge in [-0.2, -0.15) is 21.0 Å². The molecule has 1 rings (SSSR count). The predicted octanol–water partition coefficient (Wildman–Crippen LogP) is 1.43. The minimum absolute atomic E-state index is 0.0910. The van der Waals surface area contributed by atoms with Gasteiger partial charge in [-0.25, -0.2) is 0 Å². The minimum Gasteiger partial charge on any atom is -0.192 e. The molecule has 0 amide bonds. The van der Waals surface area contributed by atoms with E-state index in [-0.39, 0.29) is 32.0 Å². The van der Waals surface area contributed by atoms with E-state index in [1.165, 1.54) is 0 Å². The SMILES string of the molecule is N#CC1=C(C#N)C(=S)C(C#N)=C(C#N)C1=S. The number of rotatable bonds is 0. The summed E-state index contributed by atoms with van der Waals surface area (Å²) in [6, 6.07) is 6.91. The molecule has 1 aliphatic rings. The Balaban J connectivity index is 3.67. The van der Waals surface area contributed by atoms with E-state index < -0.39 is 0 Å². The van der Waals surface area contributed by atoms with E-state index in [0.717, 1.165) is 0 Å². The summed E-state index contributed by atoms with van der Waals surface area (Å²) in [6.07, 6.45) is 0. The van der Waals surface area contributed by atoms with Gasteiger partial charge in [0.2, 0.25) is 0 Å². The fraction of sp³-hybridized carbons (Fsp3) is 0. The van der Waals surface area contributed by atoms with Gasteiger partial charge in [-0.05, 0) is 0 Å². The fourth-order valence-electron chi connectivity index (χ4n) is 1.13. The molecule has 0 unspecified atom stereocenters. The monoisotopic (exact) mass is 240 g/mol. The fourth-order valence-corrected chi connectivity index (χ4v) is 1.72. The minimum atomic E-state index is -0.113. The van der Waals surface area contributed by atoms with Crippen molar-refractivity contribution in [1.29, 1.82) is 21.0 Å². The summed E-state index contributed by atoms with van der Waals surface area (Å²) in [5.74, 6) is 0. The quantitative estimate of drug-likeness (QED) is 0.594. The molecule has 0 N–H and O–H groups in total. The van der Waals surface area contributed by atoms with Crippen LogP contribution in [0.1, 0.15) is 0 Å². The van der Waals surface area contributed by atoms with Crippen LogP contribution in [0.2, 0.25) is 0 Å². The van der Waals surface area contributed by atoms with Gasteiger partial charge >= 0.3 is 0 Å². The summed E-state index contributed by atoms with van der Waals surface area (Å²) in [7, 11) is 0. The summed E-state index contributed by atoms with van der Waals surface area (Å²) >= 11 is 9.73. The number of thiocarbonyl (C=S) groups is 2. The van der Waals surface area contributed by atoms with E-state index in [9.17, 15) is 0 Å². The van der Waals surface area contributed by atoms with Crippen LogP contribution in [-0.2, 0) is 0 Å². The first-order chi connectivity index (χ1) is 7.62. The first kappa shape index (κ1) is 11.7. The topological polar surface area (TPSA) is 95.2 Å². The molecular weight excluding hydrogens is 240 g/mol. The molecule has 0 aromatic heterocycles. The lowest BCUT2D eigenvalue weighted by molar-refractivity contribution is 1.44. The van der Waals surface area contributed by atoms with Crippen molar-refractivity contribution in [2.45, 2.75) is 0 Å². The zero-order chi connectivity index (χ0) is 12.3. The van der Waals surface area contributed by atoms with Crippen LogP contribution in [0.25, 0.3) is 0 Å². The molecule has 0 aliphatic heterocycles. The van der Waals surface area contributed by atoms with Crippen LogP contribution in [0.3, 0.4) is 0 Å². The van der Waals surface area contributed by atoms with E-state index in [0.29, 0.717) is 0 Å². The number of hydrogen-bond donors (Lipinski definition) is 0. The maximum absolute atomic E-state index is 8.83. The third-order valence-corrected chi connectivity index (χ3v) is 2.67. The van der Waals surface area contributed by atoms with Crippen molar-refractivity contribution in [3.63, 3.8) is 0 Å². The molecule has 0 bridgehead atoms. The largest absolute Gasteiger partial charge is 0.192 e. The third-order valence-electron chi connectivity index (χ3n) is 1.86. The Bertz CT molecular complexity index is 528. The summed E-state index contributed by atoms with van der Waals surface area (Å²) < 4.78 is 0. The van der Waals surface area contributed by atoms with Gasteiger partial charge in [0.25, 0.3) is 0 Å². The lowest BCUT2D eigenvalue weighted by Gasteiger charge is -2.12. The van der Waals surface area contributed by atoms with Gasteiger partial charge in [-0.1, -0.05) is 24.4 Å². The number of hydrogen-bond acceptors (Lipinski definition) is 6. The summed E-state index contributed by atoms with van der Waals surface area (Å²) in [5.41, 5.74) is -0.452. The van der Waals surface area contributed by atoms with E-state index in [1.807, 2.05) is 0 Å². The van der Waals surface area contributed by atoms with E-state index in [4.69, 9.17) is 45.5 Å². The highest BCUT2D eigenvalue weighted by atomic mass is 32.1. The Morgan fingerprint density at radius 1 is 0.562 bits per heavy atom. The predicted molar refractivity (Wildman–Crippen MR) is 61.7 cm³/mol. The molecule has 0 spiro atoms. The second-order valence-corrected chi connectivity index (χ2v) is 3.42. The second-order valence-electron chi connectivity index (χ2n) is 2.61. The lowest BCUT2D eigenvalue weighted by Crippen LogP contribution is -2.19. The van der Waals surface area contributed by atoms with E-state index in [1.54, 1.807) is 24.3 Å².